The van der Waals surface area contributed by atoms with Crippen LogP contribution in [-0.2, 0) is 4.79 Å². The molecule has 3 rings (SSSR count). The Hall–Kier alpha value is -3.68. The maximum Gasteiger partial charge on any atom is 0.218 e. The maximum atomic E-state index is 14.8. The summed E-state index contributed by atoms with van der Waals surface area (Å²) >= 11 is 0. The van der Waals surface area contributed by atoms with E-state index in [0.29, 0.717) is 0 Å². The zero-order chi connectivity index (χ0) is 23.5. The molecule has 1 atom stereocenters. The minimum atomic E-state index is -1.91. The zero-order valence-electron chi connectivity index (χ0n) is 17.7. The molecule has 3 nitrogen and oxygen atoms in total. The number of aromatic nitrogens is 1. The highest BCUT2D eigenvalue weighted by Gasteiger charge is 2.27. The minimum absolute atomic E-state index is 0.0387. The van der Waals surface area contributed by atoms with E-state index in [-0.39, 0.29) is 28.1 Å². The molecule has 1 unspecified atom stereocenters. The normalized spacial score (nSPS) is 11.8. The third-order valence-electron chi connectivity index (χ3n) is 4.53. The molecular formula is C25H19F3N2OSi. The molecule has 0 spiro atoms. The fraction of sp³-hybridized carbons (Fsp3) is 0.160. The maximum absolute atomic E-state index is 14.8. The second-order valence-electron chi connectivity index (χ2n) is 8.22. The second-order valence-corrected chi connectivity index (χ2v) is 13.0. The van der Waals surface area contributed by atoms with Gasteiger partial charge in [0.2, 0.25) is 5.78 Å². The molecule has 0 amide bonds. The SMILES string of the molecule is C[Si](C)(C)C#CC(=O)C(c1cccc(-c2ccc(F)cc2F)n1)c1cc(C#N)ccc1F. The third kappa shape index (κ3) is 5.32. The van der Waals surface area contributed by atoms with Gasteiger partial charge in [0.1, 0.15) is 31.4 Å². The van der Waals surface area contributed by atoms with Crippen LogP contribution in [0.15, 0.2) is 54.6 Å². The summed E-state index contributed by atoms with van der Waals surface area (Å²) in [7, 11) is -1.91. The lowest BCUT2D eigenvalue weighted by Gasteiger charge is -2.16. The predicted octanol–water partition coefficient (Wildman–Crippen LogP) is 5.62. The van der Waals surface area contributed by atoms with E-state index in [1.54, 1.807) is 6.07 Å². The number of Topliss-reactive ketones (excluding diaryl/α,β-unsaturated/α-hetero) is 1. The number of rotatable bonds is 4. The van der Waals surface area contributed by atoms with Gasteiger partial charge in [-0.2, -0.15) is 5.26 Å². The molecule has 2 aromatic carbocycles. The van der Waals surface area contributed by atoms with E-state index in [9.17, 15) is 23.2 Å². The molecule has 0 radical (unpaired) electrons. The molecule has 3 aromatic rings. The highest BCUT2D eigenvalue weighted by atomic mass is 28.3. The number of pyridine rings is 1. The van der Waals surface area contributed by atoms with Gasteiger partial charge in [0, 0.05) is 17.2 Å². The molecule has 0 fully saturated rings. The van der Waals surface area contributed by atoms with Gasteiger partial charge in [-0.15, -0.1) is 5.54 Å². The van der Waals surface area contributed by atoms with Crippen LogP contribution in [-0.4, -0.2) is 18.8 Å². The van der Waals surface area contributed by atoms with Gasteiger partial charge in [-0.25, -0.2) is 13.2 Å². The number of hydrogen-bond donors (Lipinski definition) is 0. The van der Waals surface area contributed by atoms with E-state index in [1.807, 2.05) is 25.7 Å². The standard InChI is InChI=1S/C25H19F3N2OSi/c1-32(2,3)12-11-24(31)25(19-13-16(15-29)7-10-20(19)27)23-6-4-5-22(30-23)18-9-8-17(26)14-21(18)28/h4-10,13-14,25H,1-3H3. The smallest absolute Gasteiger partial charge is 0.218 e. The molecule has 0 saturated carbocycles. The van der Waals surface area contributed by atoms with Crippen molar-refractivity contribution in [2.75, 3.05) is 0 Å². The summed E-state index contributed by atoms with van der Waals surface area (Å²) in [5.74, 6) is -1.39. The number of nitrogens with zero attached hydrogens (tertiary/aromatic N) is 2. The second kappa shape index (κ2) is 9.21. The van der Waals surface area contributed by atoms with E-state index in [2.05, 4.69) is 16.4 Å². The van der Waals surface area contributed by atoms with Crippen LogP contribution in [0.4, 0.5) is 13.2 Å². The van der Waals surface area contributed by atoms with E-state index in [0.717, 1.165) is 18.2 Å². The fourth-order valence-corrected chi connectivity index (χ4v) is 3.55. The molecule has 0 N–H and O–H groups in total. The first-order valence-electron chi connectivity index (χ1n) is 9.78. The van der Waals surface area contributed by atoms with Gasteiger partial charge in [-0.05, 0) is 48.4 Å². The first-order chi connectivity index (χ1) is 15.1. The largest absolute Gasteiger partial charge is 0.284 e. The molecule has 0 aliphatic rings. The van der Waals surface area contributed by atoms with E-state index in [4.69, 9.17) is 0 Å². The molecule has 1 aromatic heterocycles. The molecule has 160 valence electrons. The lowest BCUT2D eigenvalue weighted by molar-refractivity contribution is -0.114. The quantitative estimate of drug-likeness (QED) is 0.385. The van der Waals surface area contributed by atoms with Crippen molar-refractivity contribution in [2.45, 2.75) is 25.6 Å². The summed E-state index contributed by atoms with van der Waals surface area (Å²) in [6.07, 6.45) is 0. The average Bonchev–Trinajstić information content (AvgIpc) is 2.73. The Bertz CT molecular complexity index is 1300. The van der Waals surface area contributed by atoms with Crippen molar-refractivity contribution in [1.29, 1.82) is 5.26 Å². The Morgan fingerprint density at radius 3 is 2.41 bits per heavy atom. The summed E-state index contributed by atoms with van der Waals surface area (Å²) in [6.45, 7) is 5.90. The Labute approximate surface area is 185 Å². The summed E-state index contributed by atoms with van der Waals surface area (Å²) in [5.41, 5.74) is 3.46. The Morgan fingerprint density at radius 1 is 1.00 bits per heavy atom. The number of carbonyl (C=O) groups is 1. The van der Waals surface area contributed by atoms with Crippen molar-refractivity contribution >= 4 is 13.9 Å². The summed E-state index contributed by atoms with van der Waals surface area (Å²) in [6, 6.07) is 13.3. The van der Waals surface area contributed by atoms with Crippen LogP contribution in [0.5, 0.6) is 0 Å². The van der Waals surface area contributed by atoms with E-state index < -0.39 is 37.2 Å². The monoisotopic (exact) mass is 448 g/mol. The number of ketones is 1. The Balaban J connectivity index is 2.19. The number of carbonyl (C=O) groups excluding carboxylic acids is 1. The van der Waals surface area contributed by atoms with Crippen LogP contribution in [0.25, 0.3) is 11.3 Å². The van der Waals surface area contributed by atoms with Gasteiger partial charge < -0.3 is 0 Å². The molecule has 0 aliphatic carbocycles. The van der Waals surface area contributed by atoms with Gasteiger partial charge in [0.25, 0.3) is 0 Å². The lowest BCUT2D eigenvalue weighted by atomic mass is 9.89. The van der Waals surface area contributed by atoms with Crippen LogP contribution >= 0.6 is 0 Å². The van der Waals surface area contributed by atoms with Crippen molar-refractivity contribution in [2.24, 2.45) is 0 Å². The fourth-order valence-electron chi connectivity index (χ4n) is 3.05. The number of hydrogen-bond acceptors (Lipinski definition) is 3. The molecule has 0 saturated heterocycles. The Kier molecular flexibility index (Phi) is 6.62. The topological polar surface area (TPSA) is 53.8 Å². The zero-order valence-corrected chi connectivity index (χ0v) is 18.7. The van der Waals surface area contributed by atoms with Gasteiger partial charge in [0.15, 0.2) is 0 Å². The number of halogens is 3. The van der Waals surface area contributed by atoms with Crippen LogP contribution in [0.2, 0.25) is 19.6 Å². The molecule has 0 bridgehead atoms. The van der Waals surface area contributed by atoms with Crippen LogP contribution in [0, 0.1) is 40.2 Å². The summed E-state index contributed by atoms with van der Waals surface area (Å²) in [4.78, 5) is 17.5. The molecule has 0 aliphatic heterocycles. The van der Waals surface area contributed by atoms with Crippen molar-refractivity contribution in [1.82, 2.24) is 4.98 Å². The van der Waals surface area contributed by atoms with E-state index in [1.165, 1.54) is 30.3 Å². The van der Waals surface area contributed by atoms with Crippen molar-refractivity contribution in [3.8, 4) is 28.8 Å². The molecule has 32 heavy (non-hydrogen) atoms. The van der Waals surface area contributed by atoms with Crippen molar-refractivity contribution in [3.63, 3.8) is 0 Å². The Morgan fingerprint density at radius 2 is 1.75 bits per heavy atom. The third-order valence-corrected chi connectivity index (χ3v) is 5.41. The predicted molar refractivity (Wildman–Crippen MR) is 119 cm³/mol. The first kappa shape index (κ1) is 23.0. The molecular weight excluding hydrogens is 429 g/mol. The lowest BCUT2D eigenvalue weighted by Crippen LogP contribution is -2.20. The van der Waals surface area contributed by atoms with Crippen LogP contribution in [0.3, 0.4) is 0 Å². The summed E-state index contributed by atoms with van der Waals surface area (Å²) in [5, 5.41) is 9.23. The van der Waals surface area contributed by atoms with Crippen LogP contribution in [0.1, 0.15) is 22.7 Å². The molecule has 1 heterocycles. The van der Waals surface area contributed by atoms with Gasteiger partial charge >= 0.3 is 0 Å². The van der Waals surface area contributed by atoms with Gasteiger partial charge in [-0.1, -0.05) is 25.7 Å². The highest BCUT2D eigenvalue weighted by molar-refractivity contribution is 6.84. The average molecular weight is 449 g/mol. The van der Waals surface area contributed by atoms with Gasteiger partial charge in [0.05, 0.1) is 23.0 Å². The first-order valence-corrected chi connectivity index (χ1v) is 13.3. The minimum Gasteiger partial charge on any atom is -0.284 e. The molecule has 7 heteroatoms. The summed E-state index contributed by atoms with van der Waals surface area (Å²) < 4.78 is 42.4. The van der Waals surface area contributed by atoms with Crippen LogP contribution < -0.4 is 0 Å². The van der Waals surface area contributed by atoms with Crippen molar-refractivity contribution in [3.05, 3.63) is 88.9 Å². The van der Waals surface area contributed by atoms with Gasteiger partial charge in [-0.3, -0.25) is 9.78 Å². The van der Waals surface area contributed by atoms with E-state index >= 15 is 0 Å². The highest BCUT2D eigenvalue weighted by Crippen LogP contribution is 2.30. The number of nitriles is 1. The van der Waals surface area contributed by atoms with Crippen molar-refractivity contribution < 1.29 is 18.0 Å². The number of benzene rings is 2.